The molecule has 0 radical (unpaired) electrons. The standard InChI is InChI=1S/C20H15F5N4O2/c1-28-7-8-29(16(18(28)30)11-3-2-4-12(21)9-11)13-5-6-14(15(22)10-13)17-26-19(31-27-17)20(23,24)25/h2-6,9-10,16H,7-8H2,1H3. The topological polar surface area (TPSA) is 62.5 Å². The van der Waals surface area contributed by atoms with Crippen molar-refractivity contribution < 1.29 is 31.3 Å². The Bertz CT molecular complexity index is 1130. The number of amides is 1. The second-order valence-electron chi connectivity index (χ2n) is 7.00. The summed E-state index contributed by atoms with van der Waals surface area (Å²) in [4.78, 5) is 19.1. The van der Waals surface area contributed by atoms with E-state index in [1.54, 1.807) is 18.0 Å². The summed E-state index contributed by atoms with van der Waals surface area (Å²) in [7, 11) is 1.62. The minimum absolute atomic E-state index is 0.286. The van der Waals surface area contributed by atoms with Gasteiger partial charge in [-0.05, 0) is 35.9 Å². The Balaban J connectivity index is 1.70. The third kappa shape index (κ3) is 3.94. The van der Waals surface area contributed by atoms with Crippen molar-refractivity contribution in [1.82, 2.24) is 15.0 Å². The largest absolute Gasteiger partial charge is 0.471 e. The van der Waals surface area contributed by atoms with Crippen LogP contribution in [0.1, 0.15) is 17.5 Å². The fourth-order valence-corrected chi connectivity index (χ4v) is 3.43. The number of anilines is 1. The van der Waals surface area contributed by atoms with Crippen LogP contribution in [0, 0.1) is 11.6 Å². The van der Waals surface area contributed by atoms with Gasteiger partial charge in [0.1, 0.15) is 17.7 Å². The number of likely N-dealkylation sites (N-methyl/N-ethyl adjacent to an activating group) is 1. The molecule has 11 heteroatoms. The number of hydrogen-bond acceptors (Lipinski definition) is 5. The third-order valence-corrected chi connectivity index (χ3v) is 4.96. The van der Waals surface area contributed by atoms with Gasteiger partial charge in [-0.25, -0.2) is 8.78 Å². The molecule has 2 aromatic carbocycles. The van der Waals surface area contributed by atoms with Crippen LogP contribution in [0.4, 0.5) is 27.6 Å². The van der Waals surface area contributed by atoms with E-state index in [0.717, 1.165) is 6.07 Å². The van der Waals surface area contributed by atoms with E-state index in [1.807, 2.05) is 0 Å². The van der Waals surface area contributed by atoms with Gasteiger partial charge in [-0.3, -0.25) is 4.79 Å². The molecule has 0 bridgehead atoms. The molecule has 1 aliphatic heterocycles. The lowest BCUT2D eigenvalue weighted by Crippen LogP contribution is -2.50. The summed E-state index contributed by atoms with van der Waals surface area (Å²) in [6.45, 7) is 0.691. The van der Waals surface area contributed by atoms with Crippen molar-refractivity contribution in [1.29, 1.82) is 0 Å². The summed E-state index contributed by atoms with van der Waals surface area (Å²) in [6.07, 6.45) is -4.85. The molecule has 0 spiro atoms. The molecule has 0 saturated carbocycles. The minimum atomic E-state index is -4.85. The number of rotatable bonds is 3. The smallest absolute Gasteiger partial charge is 0.354 e. The van der Waals surface area contributed by atoms with Gasteiger partial charge in [-0.1, -0.05) is 17.3 Å². The Morgan fingerprint density at radius 1 is 1.10 bits per heavy atom. The number of carbonyl (C=O) groups is 1. The predicted molar refractivity (Wildman–Crippen MR) is 98.8 cm³/mol. The first-order chi connectivity index (χ1) is 14.6. The van der Waals surface area contributed by atoms with Crippen LogP contribution in [0.15, 0.2) is 47.0 Å². The number of alkyl halides is 3. The highest BCUT2D eigenvalue weighted by Crippen LogP contribution is 2.35. The molecule has 31 heavy (non-hydrogen) atoms. The van der Waals surface area contributed by atoms with Gasteiger partial charge >= 0.3 is 12.1 Å². The van der Waals surface area contributed by atoms with Crippen LogP contribution >= 0.6 is 0 Å². The number of aromatic nitrogens is 2. The summed E-state index contributed by atoms with van der Waals surface area (Å²) in [5, 5.41) is 3.19. The second kappa shape index (κ2) is 7.64. The molecule has 1 unspecified atom stereocenters. The van der Waals surface area contributed by atoms with E-state index in [1.165, 1.54) is 35.2 Å². The normalized spacial score (nSPS) is 17.4. The van der Waals surface area contributed by atoms with E-state index in [9.17, 15) is 26.7 Å². The quantitative estimate of drug-likeness (QED) is 0.578. The van der Waals surface area contributed by atoms with Gasteiger partial charge < -0.3 is 14.3 Å². The highest BCUT2D eigenvalue weighted by Gasteiger charge is 2.39. The van der Waals surface area contributed by atoms with Crippen LogP contribution in [0.5, 0.6) is 0 Å². The van der Waals surface area contributed by atoms with Crippen LogP contribution in [-0.4, -0.2) is 41.1 Å². The first kappa shape index (κ1) is 20.8. The molecule has 3 aromatic rings. The number of carbonyl (C=O) groups excluding carboxylic acids is 1. The maximum atomic E-state index is 14.8. The van der Waals surface area contributed by atoms with E-state index in [2.05, 4.69) is 14.7 Å². The van der Waals surface area contributed by atoms with E-state index in [4.69, 9.17) is 0 Å². The monoisotopic (exact) mass is 438 g/mol. The van der Waals surface area contributed by atoms with Crippen LogP contribution in [0.3, 0.4) is 0 Å². The van der Waals surface area contributed by atoms with Crippen molar-refractivity contribution in [3.8, 4) is 11.4 Å². The van der Waals surface area contributed by atoms with Gasteiger partial charge in [-0.15, -0.1) is 0 Å². The van der Waals surface area contributed by atoms with Crippen molar-refractivity contribution in [2.75, 3.05) is 25.0 Å². The zero-order valence-electron chi connectivity index (χ0n) is 16.0. The summed E-state index contributed by atoms with van der Waals surface area (Å²) in [6, 6.07) is 8.39. The Labute approximate surface area is 172 Å². The van der Waals surface area contributed by atoms with E-state index >= 15 is 0 Å². The average Bonchev–Trinajstić information content (AvgIpc) is 3.20. The zero-order valence-corrected chi connectivity index (χ0v) is 16.0. The highest BCUT2D eigenvalue weighted by atomic mass is 19.4. The van der Waals surface area contributed by atoms with Crippen LogP contribution in [-0.2, 0) is 11.0 Å². The lowest BCUT2D eigenvalue weighted by atomic mass is 10.00. The third-order valence-electron chi connectivity index (χ3n) is 4.96. The Hall–Kier alpha value is -3.50. The molecule has 1 saturated heterocycles. The number of nitrogens with zero attached hydrogens (tertiary/aromatic N) is 4. The molecule has 2 heterocycles. The number of piperazine rings is 1. The van der Waals surface area contributed by atoms with Gasteiger partial charge in [0.2, 0.25) is 11.7 Å². The zero-order chi connectivity index (χ0) is 22.3. The lowest BCUT2D eigenvalue weighted by Gasteiger charge is -2.40. The van der Waals surface area contributed by atoms with Crippen molar-refractivity contribution in [2.45, 2.75) is 12.2 Å². The van der Waals surface area contributed by atoms with Crippen LogP contribution < -0.4 is 4.90 Å². The molecule has 0 N–H and O–H groups in total. The van der Waals surface area contributed by atoms with Gasteiger partial charge in [0.15, 0.2) is 0 Å². The SMILES string of the molecule is CN1CCN(c2ccc(-c3noc(C(F)(F)F)n3)c(F)c2)C(c2cccc(F)c2)C1=O. The highest BCUT2D eigenvalue weighted by molar-refractivity contribution is 5.88. The molecule has 1 amide bonds. The summed E-state index contributed by atoms with van der Waals surface area (Å²) >= 11 is 0. The van der Waals surface area contributed by atoms with Crippen molar-refractivity contribution >= 4 is 11.6 Å². The molecular weight excluding hydrogens is 423 g/mol. The van der Waals surface area contributed by atoms with E-state index < -0.39 is 35.6 Å². The first-order valence-electron chi connectivity index (χ1n) is 9.13. The predicted octanol–water partition coefficient (Wildman–Crippen LogP) is 4.05. The molecular formula is C20H15F5N4O2. The Morgan fingerprint density at radius 2 is 1.87 bits per heavy atom. The number of hydrogen-bond donors (Lipinski definition) is 0. The van der Waals surface area contributed by atoms with E-state index in [0.29, 0.717) is 24.3 Å². The molecule has 1 fully saturated rings. The summed E-state index contributed by atoms with van der Waals surface area (Å²) in [5.41, 5.74) is 0.413. The molecule has 162 valence electrons. The maximum Gasteiger partial charge on any atom is 0.471 e. The molecule has 0 aliphatic carbocycles. The first-order valence-corrected chi connectivity index (χ1v) is 9.13. The van der Waals surface area contributed by atoms with Gasteiger partial charge in [0.05, 0.1) is 5.56 Å². The van der Waals surface area contributed by atoms with Crippen LogP contribution in [0.25, 0.3) is 11.4 Å². The van der Waals surface area contributed by atoms with Crippen molar-refractivity contribution in [3.63, 3.8) is 0 Å². The maximum absolute atomic E-state index is 14.8. The van der Waals surface area contributed by atoms with Gasteiger partial charge in [0, 0.05) is 25.8 Å². The second-order valence-corrected chi connectivity index (χ2v) is 7.00. The summed E-state index contributed by atoms with van der Waals surface area (Å²) < 4.78 is 70.7. The molecule has 6 nitrogen and oxygen atoms in total. The van der Waals surface area contributed by atoms with Gasteiger partial charge in [0.25, 0.3) is 0 Å². The average molecular weight is 438 g/mol. The number of halogens is 5. The minimum Gasteiger partial charge on any atom is -0.354 e. The Kier molecular flexibility index (Phi) is 5.11. The fraction of sp³-hybridized carbons (Fsp3) is 0.250. The van der Waals surface area contributed by atoms with Gasteiger partial charge in [-0.2, -0.15) is 18.2 Å². The molecule has 1 atom stereocenters. The van der Waals surface area contributed by atoms with Crippen molar-refractivity contribution in [2.24, 2.45) is 0 Å². The van der Waals surface area contributed by atoms with E-state index in [-0.39, 0.29) is 11.5 Å². The molecule has 1 aliphatic rings. The molecule has 1 aromatic heterocycles. The Morgan fingerprint density at radius 3 is 2.52 bits per heavy atom. The summed E-state index contributed by atoms with van der Waals surface area (Å²) in [5.74, 6) is -3.84. The van der Waals surface area contributed by atoms with Crippen molar-refractivity contribution in [3.05, 3.63) is 65.6 Å². The molecule has 4 rings (SSSR count). The fourth-order valence-electron chi connectivity index (χ4n) is 3.43. The number of benzene rings is 2. The lowest BCUT2D eigenvalue weighted by molar-refractivity contribution is -0.159. The van der Waals surface area contributed by atoms with Crippen LogP contribution in [0.2, 0.25) is 0 Å².